The van der Waals surface area contributed by atoms with E-state index in [9.17, 15) is 0 Å². The number of nitrogens with zero attached hydrogens (tertiary/aromatic N) is 1. The summed E-state index contributed by atoms with van der Waals surface area (Å²) in [5.74, 6) is 0.414. The van der Waals surface area contributed by atoms with E-state index in [4.69, 9.17) is 20.3 Å². The predicted molar refractivity (Wildman–Crippen MR) is 46.0 cm³/mol. The van der Waals surface area contributed by atoms with Gasteiger partial charge in [0.05, 0.1) is 19.0 Å². The Morgan fingerprint density at radius 2 is 2.08 bits per heavy atom. The molecule has 5 heteroatoms. The van der Waals surface area contributed by atoms with Gasteiger partial charge in [-0.3, -0.25) is 4.99 Å². The molecule has 0 rings (SSSR count). The lowest BCUT2D eigenvalue weighted by Gasteiger charge is -2.10. The minimum absolute atomic E-state index is 0.0139. The van der Waals surface area contributed by atoms with Crippen LogP contribution >= 0.6 is 0 Å². The molecule has 0 bridgehead atoms. The molecule has 0 aromatic heterocycles. The first-order valence-electron chi connectivity index (χ1n) is 3.69. The van der Waals surface area contributed by atoms with Gasteiger partial charge in [0.15, 0.2) is 6.29 Å². The number of aliphatic imine (C=N–C) groups is 1. The number of nitrogens with two attached hydrogens (primary N) is 1. The molecule has 0 aliphatic rings. The zero-order chi connectivity index (χ0) is 9.40. The average molecular weight is 176 g/mol. The Balaban J connectivity index is 3.68. The molecule has 0 aliphatic carbocycles. The Kier molecular flexibility index (Phi) is 6.64. The Morgan fingerprint density at radius 1 is 1.50 bits per heavy atom. The Labute approximate surface area is 72.2 Å². The van der Waals surface area contributed by atoms with Crippen molar-refractivity contribution in [1.82, 2.24) is 0 Å². The van der Waals surface area contributed by atoms with E-state index in [0.717, 1.165) is 0 Å². The van der Waals surface area contributed by atoms with E-state index in [0.29, 0.717) is 18.8 Å². The maximum atomic E-state index is 8.49. The Hall–Kier alpha value is -0.650. The summed E-state index contributed by atoms with van der Waals surface area (Å²) in [5, 5.41) is 8.49. The molecule has 0 heterocycles. The second kappa shape index (κ2) is 7.02. The van der Waals surface area contributed by atoms with Crippen LogP contribution in [0.25, 0.3) is 0 Å². The smallest absolute Gasteiger partial charge is 0.176 e. The van der Waals surface area contributed by atoms with E-state index in [2.05, 4.69) is 4.99 Å². The van der Waals surface area contributed by atoms with Gasteiger partial charge in [0.25, 0.3) is 0 Å². The fraction of sp³-hybridized carbons (Fsp3) is 0.857. The first-order chi connectivity index (χ1) is 5.74. The second-order valence-corrected chi connectivity index (χ2v) is 2.21. The van der Waals surface area contributed by atoms with E-state index in [1.165, 1.54) is 14.2 Å². The van der Waals surface area contributed by atoms with Gasteiger partial charge in [0.1, 0.15) is 0 Å². The van der Waals surface area contributed by atoms with Gasteiger partial charge in [-0.05, 0) is 0 Å². The predicted octanol–water partition coefficient (Wildman–Crippen LogP) is -0.655. The van der Waals surface area contributed by atoms with Gasteiger partial charge in [0.2, 0.25) is 0 Å². The van der Waals surface area contributed by atoms with Crippen LogP contribution in [-0.4, -0.2) is 44.6 Å². The molecule has 12 heavy (non-hydrogen) atoms. The molecule has 0 saturated heterocycles. The molecule has 0 unspecified atom stereocenters. The number of rotatable bonds is 6. The molecule has 0 fully saturated rings. The standard InChI is InChI=1S/C7H16N2O3/c1-11-7(12-2)5-9-6(8)3-4-10/h7,10H,3-5H2,1-2H3,(H2,8,9). The lowest BCUT2D eigenvalue weighted by Crippen LogP contribution is -2.21. The summed E-state index contributed by atoms with van der Waals surface area (Å²) < 4.78 is 9.76. The van der Waals surface area contributed by atoms with Gasteiger partial charge in [-0.15, -0.1) is 0 Å². The zero-order valence-corrected chi connectivity index (χ0v) is 7.49. The highest BCUT2D eigenvalue weighted by Gasteiger charge is 2.02. The Bertz CT molecular complexity index is 135. The highest BCUT2D eigenvalue weighted by atomic mass is 16.7. The third-order valence-electron chi connectivity index (χ3n) is 1.34. The molecule has 0 aromatic rings. The molecule has 72 valence electrons. The van der Waals surface area contributed by atoms with Crippen molar-refractivity contribution in [1.29, 1.82) is 0 Å². The summed E-state index contributed by atoms with van der Waals surface area (Å²) in [4.78, 5) is 3.94. The summed E-state index contributed by atoms with van der Waals surface area (Å²) in [6.07, 6.45) is 0.0300. The van der Waals surface area contributed by atoms with Crippen molar-refractivity contribution in [3.05, 3.63) is 0 Å². The van der Waals surface area contributed by atoms with Gasteiger partial charge in [-0.25, -0.2) is 0 Å². The van der Waals surface area contributed by atoms with E-state index >= 15 is 0 Å². The van der Waals surface area contributed by atoms with Crippen LogP contribution < -0.4 is 5.73 Å². The van der Waals surface area contributed by atoms with Crippen molar-refractivity contribution < 1.29 is 14.6 Å². The number of methoxy groups -OCH3 is 2. The van der Waals surface area contributed by atoms with E-state index < -0.39 is 0 Å². The molecule has 0 radical (unpaired) electrons. The number of aliphatic hydroxyl groups is 1. The monoisotopic (exact) mass is 176 g/mol. The molecule has 0 spiro atoms. The van der Waals surface area contributed by atoms with Gasteiger partial charge in [0, 0.05) is 20.6 Å². The van der Waals surface area contributed by atoms with Crippen molar-refractivity contribution in [2.24, 2.45) is 10.7 Å². The summed E-state index contributed by atoms with van der Waals surface area (Å²) in [6.45, 7) is 0.374. The van der Waals surface area contributed by atoms with E-state index in [1.807, 2.05) is 0 Å². The summed E-state index contributed by atoms with van der Waals surface area (Å²) in [7, 11) is 3.07. The van der Waals surface area contributed by atoms with E-state index in [1.54, 1.807) is 0 Å². The maximum absolute atomic E-state index is 8.49. The van der Waals surface area contributed by atoms with Crippen LogP contribution in [0, 0.1) is 0 Å². The van der Waals surface area contributed by atoms with Crippen molar-refractivity contribution in [2.45, 2.75) is 12.7 Å². The quantitative estimate of drug-likeness (QED) is 0.320. The molecule has 0 aliphatic heterocycles. The third-order valence-corrected chi connectivity index (χ3v) is 1.34. The van der Waals surface area contributed by atoms with Gasteiger partial charge >= 0.3 is 0 Å². The first-order valence-corrected chi connectivity index (χ1v) is 3.69. The molecule has 5 nitrogen and oxygen atoms in total. The van der Waals surface area contributed by atoms with Gasteiger partial charge < -0.3 is 20.3 Å². The zero-order valence-electron chi connectivity index (χ0n) is 7.49. The van der Waals surface area contributed by atoms with Crippen molar-refractivity contribution >= 4 is 5.84 Å². The van der Waals surface area contributed by atoms with Crippen LogP contribution in [0.15, 0.2) is 4.99 Å². The van der Waals surface area contributed by atoms with Crippen LogP contribution in [0.4, 0.5) is 0 Å². The molecule has 3 N–H and O–H groups in total. The third kappa shape index (κ3) is 5.06. The number of amidine groups is 1. The number of hydrogen-bond donors (Lipinski definition) is 2. The molecular weight excluding hydrogens is 160 g/mol. The molecule has 0 amide bonds. The van der Waals surface area contributed by atoms with Gasteiger partial charge in [-0.2, -0.15) is 0 Å². The normalized spacial score (nSPS) is 12.5. The number of ether oxygens (including phenoxy) is 2. The molecule has 0 aromatic carbocycles. The van der Waals surface area contributed by atoms with Crippen molar-refractivity contribution in [3.8, 4) is 0 Å². The minimum atomic E-state index is -0.359. The second-order valence-electron chi connectivity index (χ2n) is 2.21. The highest BCUT2D eigenvalue weighted by molar-refractivity contribution is 5.80. The maximum Gasteiger partial charge on any atom is 0.176 e. The lowest BCUT2D eigenvalue weighted by atomic mass is 10.4. The van der Waals surface area contributed by atoms with Crippen LogP contribution in [0.5, 0.6) is 0 Å². The fourth-order valence-corrected chi connectivity index (χ4v) is 0.631. The molecule has 0 saturated carbocycles. The summed E-state index contributed by atoms with van der Waals surface area (Å²) in [6, 6.07) is 0. The van der Waals surface area contributed by atoms with Crippen molar-refractivity contribution in [3.63, 3.8) is 0 Å². The molecule has 0 atom stereocenters. The lowest BCUT2D eigenvalue weighted by molar-refractivity contribution is -0.0937. The topological polar surface area (TPSA) is 77.1 Å². The number of hydrogen-bond acceptors (Lipinski definition) is 4. The van der Waals surface area contributed by atoms with Crippen LogP contribution in [0.2, 0.25) is 0 Å². The van der Waals surface area contributed by atoms with Crippen LogP contribution in [-0.2, 0) is 9.47 Å². The van der Waals surface area contributed by atoms with Crippen molar-refractivity contribution in [2.75, 3.05) is 27.4 Å². The summed E-state index contributed by atoms with van der Waals surface area (Å²) in [5.41, 5.74) is 5.42. The number of aliphatic hydroxyl groups excluding tert-OH is 1. The average Bonchev–Trinajstić information content (AvgIpc) is 2.07. The minimum Gasteiger partial charge on any atom is -0.396 e. The Morgan fingerprint density at radius 3 is 2.50 bits per heavy atom. The van der Waals surface area contributed by atoms with Crippen LogP contribution in [0.1, 0.15) is 6.42 Å². The summed E-state index contributed by atoms with van der Waals surface area (Å²) >= 11 is 0. The van der Waals surface area contributed by atoms with E-state index in [-0.39, 0.29) is 12.9 Å². The highest BCUT2D eigenvalue weighted by Crippen LogP contribution is 1.91. The molecular formula is C7H16N2O3. The van der Waals surface area contributed by atoms with Crippen LogP contribution in [0.3, 0.4) is 0 Å². The first kappa shape index (κ1) is 11.4. The SMILES string of the molecule is COC(CN=C(N)CCO)OC. The largest absolute Gasteiger partial charge is 0.396 e. The van der Waals surface area contributed by atoms with Gasteiger partial charge in [-0.1, -0.05) is 0 Å². The fourth-order valence-electron chi connectivity index (χ4n) is 0.631.